The number of H-pyrrole nitrogens is 2. The molecule has 1 aromatic heterocycles. The Morgan fingerprint density at radius 2 is 1.73 bits per heavy atom. The topological polar surface area (TPSA) is 100 Å². The molecule has 2 aromatic carbocycles. The van der Waals surface area contributed by atoms with Gasteiger partial charge in [-0.25, -0.2) is 9.89 Å². The van der Waals surface area contributed by atoms with Crippen LogP contribution in [0.4, 0.5) is 26.3 Å². The first-order valence-corrected chi connectivity index (χ1v) is 12.8. The Kier molecular flexibility index (Phi) is 7.49. The number of aromatic amines is 2. The van der Waals surface area contributed by atoms with Crippen LogP contribution < -0.4 is 5.69 Å². The molecule has 5 atom stereocenters. The summed E-state index contributed by atoms with van der Waals surface area (Å²) in [6.07, 6.45) is -12.2. The lowest BCUT2D eigenvalue weighted by Gasteiger charge is -2.41. The molecule has 0 saturated carbocycles. The second kappa shape index (κ2) is 10.6. The SMILES string of the molecule is Cc1ccccc1[C@H]1C2CN(C(=O)c3n[nH]c(=O)[nH]3)C[C@H]2CO[C@@H]1O[C@H](C)c1cc(C(F)(F)F)cc(C(F)(F)F)c1. The molecule has 2 aliphatic rings. The van der Waals surface area contributed by atoms with Crippen molar-refractivity contribution in [2.45, 2.75) is 44.5 Å². The predicted molar refractivity (Wildman–Crippen MR) is 132 cm³/mol. The fourth-order valence-corrected chi connectivity index (χ4v) is 5.65. The van der Waals surface area contributed by atoms with Crippen molar-refractivity contribution in [2.24, 2.45) is 11.8 Å². The number of carbonyl (C=O) groups is 1. The maximum atomic E-state index is 13.5. The highest BCUT2D eigenvalue weighted by Crippen LogP contribution is 2.46. The van der Waals surface area contributed by atoms with E-state index in [-0.39, 0.29) is 42.4 Å². The minimum absolute atomic E-state index is 0.0742. The average Bonchev–Trinajstić information content (AvgIpc) is 3.54. The number of halogens is 6. The van der Waals surface area contributed by atoms with Crippen molar-refractivity contribution >= 4 is 5.91 Å². The maximum absolute atomic E-state index is 13.5. The zero-order valence-electron chi connectivity index (χ0n) is 21.8. The van der Waals surface area contributed by atoms with Gasteiger partial charge in [0.25, 0.3) is 5.91 Å². The standard InChI is InChI=1S/C27H26F6N4O4/c1-13-5-3-4-6-19(13)21-20-11-37(23(38)22-34-25(39)36-35-22)10-16(20)12-40-24(21)41-14(2)15-7-17(26(28,29)30)9-18(8-15)27(31,32)33/h3-9,14,16,20-21,24H,10-12H2,1-2H3,(H2,34,35,36,39)/t14-,16+,20?,21+,24-/m1/s1. The van der Waals surface area contributed by atoms with Gasteiger partial charge in [-0.1, -0.05) is 24.3 Å². The molecule has 220 valence electrons. The van der Waals surface area contributed by atoms with Gasteiger partial charge in [0.05, 0.1) is 23.8 Å². The van der Waals surface area contributed by atoms with Crippen LogP contribution in [0.2, 0.25) is 0 Å². The molecule has 1 unspecified atom stereocenters. The molecule has 5 rings (SSSR count). The first-order chi connectivity index (χ1) is 19.2. The summed E-state index contributed by atoms with van der Waals surface area (Å²) >= 11 is 0. The monoisotopic (exact) mass is 584 g/mol. The highest BCUT2D eigenvalue weighted by Gasteiger charge is 2.49. The number of hydrogen-bond donors (Lipinski definition) is 2. The number of aryl methyl sites for hydroxylation is 1. The number of nitrogens with one attached hydrogen (secondary N) is 2. The van der Waals surface area contributed by atoms with Crippen molar-refractivity contribution < 1.29 is 40.6 Å². The second-order valence-corrected chi connectivity index (χ2v) is 10.4. The van der Waals surface area contributed by atoms with E-state index >= 15 is 0 Å². The fraction of sp³-hybridized carbons (Fsp3) is 0.444. The van der Waals surface area contributed by atoms with Gasteiger partial charge in [-0.15, -0.1) is 5.10 Å². The number of nitrogens with zero attached hydrogens (tertiary/aromatic N) is 2. The normalized spacial score (nSPS) is 23.9. The van der Waals surface area contributed by atoms with Crippen molar-refractivity contribution in [3.63, 3.8) is 0 Å². The van der Waals surface area contributed by atoms with Gasteiger partial charge < -0.3 is 14.4 Å². The molecule has 2 N–H and O–H groups in total. The fourth-order valence-electron chi connectivity index (χ4n) is 5.65. The summed E-state index contributed by atoms with van der Waals surface area (Å²) < 4.78 is 93.0. The molecule has 2 saturated heterocycles. The molecule has 0 bridgehead atoms. The number of alkyl halides is 6. The van der Waals surface area contributed by atoms with Gasteiger partial charge in [-0.05, 0) is 54.7 Å². The maximum Gasteiger partial charge on any atom is 0.416 e. The van der Waals surface area contributed by atoms with Crippen molar-refractivity contribution in [2.75, 3.05) is 19.7 Å². The summed E-state index contributed by atoms with van der Waals surface area (Å²) in [6, 6.07) is 8.73. The second-order valence-electron chi connectivity index (χ2n) is 10.4. The Bertz CT molecular complexity index is 1450. The lowest BCUT2D eigenvalue weighted by atomic mass is 9.76. The summed E-state index contributed by atoms with van der Waals surface area (Å²) in [6.45, 7) is 3.93. The first-order valence-electron chi connectivity index (χ1n) is 12.8. The Morgan fingerprint density at radius 1 is 1.07 bits per heavy atom. The van der Waals surface area contributed by atoms with Crippen molar-refractivity contribution in [1.82, 2.24) is 20.1 Å². The van der Waals surface area contributed by atoms with Crippen LogP contribution in [0.15, 0.2) is 47.3 Å². The lowest BCUT2D eigenvalue weighted by Crippen LogP contribution is -2.42. The van der Waals surface area contributed by atoms with Crippen LogP contribution in [0, 0.1) is 18.8 Å². The highest BCUT2D eigenvalue weighted by molar-refractivity contribution is 5.90. The summed E-state index contributed by atoms with van der Waals surface area (Å²) in [7, 11) is 0. The highest BCUT2D eigenvalue weighted by atomic mass is 19.4. The third-order valence-electron chi connectivity index (χ3n) is 7.68. The summed E-state index contributed by atoms with van der Waals surface area (Å²) in [4.78, 5) is 28.3. The summed E-state index contributed by atoms with van der Waals surface area (Å²) in [5, 5.41) is 5.86. The largest absolute Gasteiger partial charge is 0.416 e. The predicted octanol–water partition coefficient (Wildman–Crippen LogP) is 5.05. The van der Waals surface area contributed by atoms with Crippen LogP contribution in [-0.4, -0.2) is 52.0 Å². The molecule has 3 aromatic rings. The van der Waals surface area contributed by atoms with E-state index in [9.17, 15) is 35.9 Å². The molecule has 14 heteroatoms. The van der Waals surface area contributed by atoms with E-state index < -0.39 is 53.4 Å². The Hall–Kier alpha value is -3.65. The Labute approximate surface area is 229 Å². The van der Waals surface area contributed by atoms with Crippen LogP contribution in [-0.2, 0) is 21.8 Å². The molecular formula is C27H26F6N4O4. The number of rotatable bonds is 5. The van der Waals surface area contributed by atoms with Crippen LogP contribution in [0.3, 0.4) is 0 Å². The van der Waals surface area contributed by atoms with Crippen LogP contribution >= 0.6 is 0 Å². The first kappa shape index (κ1) is 28.9. The number of fused-ring (bicyclic) bond motifs is 1. The van der Waals surface area contributed by atoms with Gasteiger partial charge in [-0.2, -0.15) is 26.3 Å². The van der Waals surface area contributed by atoms with Crippen LogP contribution in [0.1, 0.15) is 57.4 Å². The number of carbonyl (C=O) groups excluding carboxylic acids is 1. The number of aromatic nitrogens is 3. The third-order valence-corrected chi connectivity index (χ3v) is 7.68. The molecule has 2 fully saturated rings. The van der Waals surface area contributed by atoms with Gasteiger partial charge in [-0.3, -0.25) is 9.78 Å². The number of benzene rings is 2. The van der Waals surface area contributed by atoms with Gasteiger partial charge in [0, 0.05) is 24.9 Å². The zero-order chi connectivity index (χ0) is 29.7. The Morgan fingerprint density at radius 3 is 2.32 bits per heavy atom. The van der Waals surface area contributed by atoms with E-state index in [0.29, 0.717) is 18.7 Å². The molecule has 2 aliphatic heterocycles. The van der Waals surface area contributed by atoms with E-state index in [1.165, 1.54) is 11.8 Å². The minimum atomic E-state index is -4.99. The van der Waals surface area contributed by atoms with E-state index in [0.717, 1.165) is 11.1 Å². The smallest absolute Gasteiger partial charge is 0.352 e. The van der Waals surface area contributed by atoms with E-state index in [1.807, 2.05) is 25.1 Å². The van der Waals surface area contributed by atoms with Gasteiger partial charge in [0.1, 0.15) is 0 Å². The zero-order valence-corrected chi connectivity index (χ0v) is 21.8. The minimum Gasteiger partial charge on any atom is -0.352 e. The molecule has 0 spiro atoms. The van der Waals surface area contributed by atoms with E-state index in [2.05, 4.69) is 15.2 Å². The van der Waals surface area contributed by atoms with Gasteiger partial charge in [0.15, 0.2) is 6.29 Å². The lowest BCUT2D eigenvalue weighted by molar-refractivity contribution is -0.217. The van der Waals surface area contributed by atoms with Crippen molar-refractivity contribution in [1.29, 1.82) is 0 Å². The molecular weight excluding hydrogens is 558 g/mol. The quantitative estimate of drug-likeness (QED) is 0.409. The summed E-state index contributed by atoms with van der Waals surface area (Å²) in [5.74, 6) is -1.50. The van der Waals surface area contributed by atoms with Gasteiger partial charge in [0.2, 0.25) is 5.82 Å². The van der Waals surface area contributed by atoms with Crippen molar-refractivity contribution in [3.05, 3.63) is 86.6 Å². The molecule has 8 nitrogen and oxygen atoms in total. The number of likely N-dealkylation sites (tertiary alicyclic amines) is 1. The number of hydrogen-bond acceptors (Lipinski definition) is 5. The summed E-state index contributed by atoms with van der Waals surface area (Å²) in [5.41, 5.74) is -2.09. The van der Waals surface area contributed by atoms with E-state index in [1.54, 1.807) is 6.07 Å². The van der Waals surface area contributed by atoms with Crippen LogP contribution in [0.5, 0.6) is 0 Å². The molecule has 1 amide bonds. The number of ether oxygens (including phenoxy) is 2. The molecule has 3 heterocycles. The third kappa shape index (κ3) is 5.89. The number of amides is 1. The molecule has 0 radical (unpaired) electrons. The molecule has 0 aliphatic carbocycles. The average molecular weight is 585 g/mol. The Balaban J connectivity index is 1.46. The van der Waals surface area contributed by atoms with Crippen molar-refractivity contribution in [3.8, 4) is 0 Å². The molecule has 41 heavy (non-hydrogen) atoms. The van der Waals surface area contributed by atoms with Gasteiger partial charge >= 0.3 is 18.0 Å². The van der Waals surface area contributed by atoms with E-state index in [4.69, 9.17) is 9.47 Å². The van der Waals surface area contributed by atoms with Crippen LogP contribution in [0.25, 0.3) is 0 Å².